The highest BCUT2D eigenvalue weighted by molar-refractivity contribution is 5.86. The number of benzene rings is 2. The minimum Gasteiger partial charge on any atom is -0.363 e. The Morgan fingerprint density at radius 1 is 1.00 bits per heavy atom. The summed E-state index contributed by atoms with van der Waals surface area (Å²) in [5, 5.41) is 4.01. The van der Waals surface area contributed by atoms with Crippen molar-refractivity contribution in [2.45, 2.75) is 71.9 Å². The van der Waals surface area contributed by atoms with Crippen molar-refractivity contribution in [1.82, 2.24) is 0 Å². The summed E-state index contributed by atoms with van der Waals surface area (Å²) in [4.78, 5) is 2.63. The van der Waals surface area contributed by atoms with E-state index in [-0.39, 0.29) is 0 Å². The number of rotatable bonds is 5. The van der Waals surface area contributed by atoms with Gasteiger partial charge in [0, 0.05) is 11.1 Å². The first-order chi connectivity index (χ1) is 12.7. The van der Waals surface area contributed by atoms with Crippen LogP contribution in [0.25, 0.3) is 0 Å². The summed E-state index contributed by atoms with van der Waals surface area (Å²) in [6.07, 6.45) is 8.88. The molecule has 0 amide bonds. The van der Waals surface area contributed by atoms with Gasteiger partial charge < -0.3 is 10.2 Å². The van der Waals surface area contributed by atoms with Crippen LogP contribution in [0.4, 0.5) is 17.1 Å². The zero-order valence-electron chi connectivity index (χ0n) is 16.5. The fourth-order valence-corrected chi connectivity index (χ4v) is 5.03. The van der Waals surface area contributed by atoms with Crippen LogP contribution in [-0.4, -0.2) is 6.17 Å². The van der Waals surface area contributed by atoms with Crippen molar-refractivity contribution in [3.05, 3.63) is 53.6 Å². The van der Waals surface area contributed by atoms with Crippen molar-refractivity contribution < 1.29 is 0 Å². The normalized spacial score (nSPS) is 20.0. The molecule has 138 valence electrons. The van der Waals surface area contributed by atoms with Gasteiger partial charge in [-0.1, -0.05) is 57.5 Å². The SMILES string of the molecule is CCCCc1cccc2c1NC1N2c2ccccc2CCC1(CC)CC. The van der Waals surface area contributed by atoms with Crippen LogP contribution in [0.3, 0.4) is 0 Å². The molecular weight excluding hydrogens is 316 g/mol. The standard InChI is InChI=1S/C24H32N2/c1-4-7-11-19-13-10-15-21-22(19)25-23-24(5-2,6-3)17-16-18-12-8-9-14-20(18)26(21)23/h8-10,12-15,23,25H,4-7,11,16-17H2,1-3H3. The number of nitrogens with one attached hydrogen (secondary N) is 1. The molecule has 2 heterocycles. The molecule has 0 aromatic heterocycles. The van der Waals surface area contributed by atoms with Crippen molar-refractivity contribution >= 4 is 17.1 Å². The highest BCUT2D eigenvalue weighted by Crippen LogP contribution is 2.53. The van der Waals surface area contributed by atoms with Gasteiger partial charge in [0.25, 0.3) is 0 Å². The third-order valence-corrected chi connectivity index (χ3v) is 6.86. The van der Waals surface area contributed by atoms with Crippen LogP contribution < -0.4 is 10.2 Å². The summed E-state index contributed by atoms with van der Waals surface area (Å²) in [6.45, 7) is 7.03. The molecule has 1 atom stereocenters. The Bertz CT molecular complexity index is 776. The molecule has 1 unspecified atom stereocenters. The topological polar surface area (TPSA) is 15.3 Å². The Hall–Kier alpha value is -1.96. The van der Waals surface area contributed by atoms with Crippen LogP contribution in [0.15, 0.2) is 42.5 Å². The van der Waals surface area contributed by atoms with E-state index in [0.29, 0.717) is 11.6 Å². The second kappa shape index (κ2) is 6.98. The van der Waals surface area contributed by atoms with Gasteiger partial charge in [-0.3, -0.25) is 0 Å². The lowest BCUT2D eigenvalue weighted by Gasteiger charge is -2.41. The van der Waals surface area contributed by atoms with Crippen molar-refractivity contribution in [3.63, 3.8) is 0 Å². The van der Waals surface area contributed by atoms with E-state index in [1.807, 2.05) is 0 Å². The van der Waals surface area contributed by atoms with Gasteiger partial charge in [0.2, 0.25) is 0 Å². The molecule has 0 radical (unpaired) electrons. The summed E-state index contributed by atoms with van der Waals surface area (Å²) < 4.78 is 0. The summed E-state index contributed by atoms with van der Waals surface area (Å²) in [5.74, 6) is 0. The van der Waals surface area contributed by atoms with E-state index in [1.165, 1.54) is 73.1 Å². The second-order valence-electron chi connectivity index (χ2n) is 8.03. The molecule has 0 saturated heterocycles. The molecule has 2 nitrogen and oxygen atoms in total. The zero-order chi connectivity index (χ0) is 18.1. The monoisotopic (exact) mass is 348 g/mol. The van der Waals surface area contributed by atoms with Gasteiger partial charge in [0.15, 0.2) is 0 Å². The van der Waals surface area contributed by atoms with E-state index in [2.05, 4.69) is 73.5 Å². The van der Waals surface area contributed by atoms with E-state index in [4.69, 9.17) is 0 Å². The Labute approximate surface area is 158 Å². The minimum atomic E-state index is 0.306. The molecule has 26 heavy (non-hydrogen) atoms. The van der Waals surface area contributed by atoms with Crippen molar-refractivity contribution in [2.75, 3.05) is 10.2 Å². The number of hydrogen-bond acceptors (Lipinski definition) is 2. The zero-order valence-corrected chi connectivity index (χ0v) is 16.5. The summed E-state index contributed by atoms with van der Waals surface area (Å²) in [7, 11) is 0. The Morgan fingerprint density at radius 3 is 2.54 bits per heavy atom. The van der Waals surface area contributed by atoms with Crippen molar-refractivity contribution in [3.8, 4) is 0 Å². The predicted octanol–water partition coefficient (Wildman–Crippen LogP) is 6.67. The lowest BCUT2D eigenvalue weighted by Crippen LogP contribution is -2.46. The maximum Gasteiger partial charge on any atom is 0.110 e. The van der Waals surface area contributed by atoms with E-state index in [0.717, 1.165) is 0 Å². The van der Waals surface area contributed by atoms with Crippen LogP contribution in [0.2, 0.25) is 0 Å². The second-order valence-corrected chi connectivity index (χ2v) is 8.03. The lowest BCUT2D eigenvalue weighted by molar-refractivity contribution is 0.207. The van der Waals surface area contributed by atoms with Crippen LogP contribution in [0.5, 0.6) is 0 Å². The largest absolute Gasteiger partial charge is 0.363 e. The molecule has 2 heteroatoms. The average molecular weight is 349 g/mol. The highest BCUT2D eigenvalue weighted by atomic mass is 15.3. The third-order valence-electron chi connectivity index (χ3n) is 6.86. The molecule has 1 N–H and O–H groups in total. The van der Waals surface area contributed by atoms with E-state index in [9.17, 15) is 0 Å². The smallest absolute Gasteiger partial charge is 0.110 e. The lowest BCUT2D eigenvalue weighted by atomic mass is 9.75. The number of anilines is 3. The molecule has 0 saturated carbocycles. The number of nitrogens with zero attached hydrogens (tertiary/aromatic N) is 1. The molecule has 2 aliphatic heterocycles. The molecule has 0 spiro atoms. The fraction of sp³-hybridized carbons (Fsp3) is 0.500. The van der Waals surface area contributed by atoms with Crippen LogP contribution in [0, 0.1) is 5.41 Å². The van der Waals surface area contributed by atoms with E-state index < -0.39 is 0 Å². The van der Waals surface area contributed by atoms with Gasteiger partial charge >= 0.3 is 0 Å². The van der Waals surface area contributed by atoms with Crippen LogP contribution in [0.1, 0.15) is 64.0 Å². The number of hydrogen-bond donors (Lipinski definition) is 1. The number of para-hydroxylation sites is 2. The minimum absolute atomic E-state index is 0.306. The molecule has 0 fully saturated rings. The first kappa shape index (κ1) is 17.5. The van der Waals surface area contributed by atoms with Gasteiger partial charge in [-0.25, -0.2) is 0 Å². The summed E-state index contributed by atoms with van der Waals surface area (Å²) in [6, 6.07) is 15.9. The molecule has 0 aliphatic carbocycles. The van der Waals surface area contributed by atoms with Gasteiger partial charge in [-0.2, -0.15) is 0 Å². The maximum atomic E-state index is 4.01. The van der Waals surface area contributed by atoms with Crippen molar-refractivity contribution in [1.29, 1.82) is 0 Å². The van der Waals surface area contributed by atoms with Gasteiger partial charge in [0.05, 0.1) is 11.4 Å². The summed E-state index contributed by atoms with van der Waals surface area (Å²) >= 11 is 0. The quantitative estimate of drug-likeness (QED) is 0.649. The molecule has 2 aromatic rings. The maximum absolute atomic E-state index is 4.01. The molecule has 4 rings (SSSR count). The molecule has 2 aliphatic rings. The average Bonchev–Trinajstić information content (AvgIpc) is 3.02. The third kappa shape index (κ3) is 2.62. The fourth-order valence-electron chi connectivity index (χ4n) is 5.03. The Morgan fingerprint density at radius 2 is 1.77 bits per heavy atom. The van der Waals surface area contributed by atoms with Crippen molar-refractivity contribution in [2.24, 2.45) is 5.41 Å². The number of aryl methyl sites for hydroxylation is 2. The Kier molecular flexibility index (Phi) is 4.69. The first-order valence-corrected chi connectivity index (χ1v) is 10.5. The first-order valence-electron chi connectivity index (χ1n) is 10.5. The Balaban J connectivity index is 1.87. The van der Waals surface area contributed by atoms with Crippen LogP contribution >= 0.6 is 0 Å². The molecule has 0 bridgehead atoms. The number of unbranched alkanes of at least 4 members (excludes halogenated alkanes) is 1. The summed E-state index contributed by atoms with van der Waals surface area (Å²) in [5.41, 5.74) is 7.45. The predicted molar refractivity (Wildman–Crippen MR) is 112 cm³/mol. The number of fused-ring (bicyclic) bond motifs is 5. The molecule has 2 aromatic carbocycles. The molecular formula is C24H32N2. The van der Waals surface area contributed by atoms with Gasteiger partial charge in [-0.05, 0) is 61.8 Å². The van der Waals surface area contributed by atoms with E-state index >= 15 is 0 Å². The van der Waals surface area contributed by atoms with Gasteiger partial charge in [0.1, 0.15) is 6.17 Å². The van der Waals surface area contributed by atoms with Crippen LogP contribution in [-0.2, 0) is 12.8 Å². The highest BCUT2D eigenvalue weighted by Gasteiger charge is 2.46. The van der Waals surface area contributed by atoms with E-state index in [1.54, 1.807) is 0 Å². The van der Waals surface area contributed by atoms with Gasteiger partial charge in [-0.15, -0.1) is 0 Å².